The average Bonchev–Trinajstić information content (AvgIpc) is 1.68. The van der Waals surface area contributed by atoms with Gasteiger partial charge in [0.25, 0.3) is 0 Å². The molecule has 5 aromatic heterocycles. The fourth-order valence-corrected chi connectivity index (χ4v) is 14.1. The van der Waals surface area contributed by atoms with Crippen molar-refractivity contribution in [3.05, 3.63) is 315 Å². The summed E-state index contributed by atoms with van der Waals surface area (Å²) in [5.74, 6) is 0.537. The summed E-state index contributed by atoms with van der Waals surface area (Å²) in [5.41, 5.74) is 22.6. The predicted octanol–water partition coefficient (Wildman–Crippen LogP) is 21.1. The molecule has 0 amide bonds. The molecule has 7 nitrogen and oxygen atoms in total. The Balaban J connectivity index is 0.846. The van der Waals surface area contributed by atoms with Crippen molar-refractivity contribution in [3.8, 4) is 85.0 Å². The zero-order valence-corrected chi connectivity index (χ0v) is 48.6. The molecule has 0 aliphatic heterocycles. The van der Waals surface area contributed by atoms with Gasteiger partial charge in [0, 0.05) is 82.5 Å². The molecule has 0 saturated heterocycles. The minimum absolute atomic E-state index is 0.537. The first-order chi connectivity index (χ1) is 44.6. The van der Waals surface area contributed by atoms with E-state index >= 15 is 0 Å². The van der Waals surface area contributed by atoms with E-state index in [1.807, 2.05) is 42.5 Å². The molecule has 0 fully saturated rings. The minimum Gasteiger partial charge on any atom is -0.309 e. The highest BCUT2D eigenvalue weighted by Crippen LogP contribution is 2.43. The number of benzene rings is 13. The molecule has 18 rings (SSSR count). The molecule has 0 bridgehead atoms. The predicted molar refractivity (Wildman–Crippen MR) is 371 cm³/mol. The first-order valence-electron chi connectivity index (χ1n) is 30.4. The van der Waals surface area contributed by atoms with Crippen LogP contribution in [0.2, 0.25) is 0 Å². The van der Waals surface area contributed by atoms with Crippen molar-refractivity contribution in [2.75, 3.05) is 0 Å². The van der Waals surface area contributed by atoms with Crippen LogP contribution in [-0.4, -0.2) is 28.2 Å². The van der Waals surface area contributed by atoms with Crippen LogP contribution in [0.15, 0.2) is 309 Å². The van der Waals surface area contributed by atoms with E-state index in [4.69, 9.17) is 9.97 Å². The van der Waals surface area contributed by atoms with Gasteiger partial charge in [-0.3, -0.25) is 0 Å². The number of fused-ring (bicyclic) bond motifs is 12. The summed E-state index contributed by atoms with van der Waals surface area (Å²) in [6, 6.07) is 113. The standard InChI is InChI=1S/C83H51N7/c84-52-53-19-18-22-59(43-53)83-85-73(54-20-4-1-5-21-54)51-74(86-83)60-44-63(89-77-33-16-12-29-67(77)71-48-57(37-41-81(71)89)55-35-39-79-69(46-55)65-27-10-14-31-75(65)87(79)61-23-6-2-7-24-61)50-64(45-60)90-78-34-17-13-30-68(78)72-49-58(38-42-82(72)90)56-36-40-80-70(47-56)66-28-11-15-32-76(66)88(80)62-25-8-3-9-26-62/h1-51H. The number of para-hydroxylation sites is 6. The molecule has 0 N–H and O–H groups in total. The monoisotopic (exact) mass is 1150 g/mol. The molecule has 0 spiro atoms. The second kappa shape index (κ2) is 20.4. The first-order valence-corrected chi connectivity index (χ1v) is 30.4. The van der Waals surface area contributed by atoms with Gasteiger partial charge in [-0.15, -0.1) is 0 Å². The van der Waals surface area contributed by atoms with Crippen LogP contribution < -0.4 is 0 Å². The van der Waals surface area contributed by atoms with Crippen molar-refractivity contribution in [1.29, 1.82) is 5.26 Å². The maximum Gasteiger partial charge on any atom is 0.160 e. The molecule has 418 valence electrons. The fraction of sp³-hybridized carbons (Fsp3) is 0. The lowest BCUT2D eigenvalue weighted by Gasteiger charge is -2.17. The topological polar surface area (TPSA) is 69.3 Å². The fourth-order valence-electron chi connectivity index (χ4n) is 14.1. The van der Waals surface area contributed by atoms with Gasteiger partial charge >= 0.3 is 0 Å². The Morgan fingerprint density at radius 3 is 0.956 bits per heavy atom. The Labute approximate surface area is 517 Å². The number of nitriles is 1. The normalized spacial score (nSPS) is 11.8. The molecular weight excluding hydrogens is 1090 g/mol. The van der Waals surface area contributed by atoms with Gasteiger partial charge in [0.05, 0.1) is 67.2 Å². The Kier molecular flexibility index (Phi) is 11.5. The van der Waals surface area contributed by atoms with Crippen LogP contribution in [0.3, 0.4) is 0 Å². The van der Waals surface area contributed by atoms with Gasteiger partial charge in [-0.05, 0) is 156 Å². The zero-order valence-electron chi connectivity index (χ0n) is 48.6. The maximum atomic E-state index is 10.1. The van der Waals surface area contributed by atoms with Crippen LogP contribution in [0.1, 0.15) is 5.56 Å². The maximum absolute atomic E-state index is 10.1. The molecule has 13 aromatic carbocycles. The highest BCUT2D eigenvalue weighted by atomic mass is 15.0. The van der Waals surface area contributed by atoms with E-state index in [-0.39, 0.29) is 0 Å². The average molecular weight is 1150 g/mol. The third-order valence-corrected chi connectivity index (χ3v) is 18.1. The molecule has 0 saturated carbocycles. The summed E-state index contributed by atoms with van der Waals surface area (Å²) >= 11 is 0. The molecule has 18 aromatic rings. The number of rotatable bonds is 9. The number of hydrogen-bond donors (Lipinski definition) is 0. The van der Waals surface area contributed by atoms with Crippen molar-refractivity contribution in [2.24, 2.45) is 0 Å². The van der Waals surface area contributed by atoms with E-state index in [1.54, 1.807) is 0 Å². The second-order valence-corrected chi connectivity index (χ2v) is 23.3. The number of aromatic nitrogens is 6. The van der Waals surface area contributed by atoms with Crippen LogP contribution >= 0.6 is 0 Å². The third kappa shape index (κ3) is 8.13. The third-order valence-electron chi connectivity index (χ3n) is 18.1. The van der Waals surface area contributed by atoms with Crippen molar-refractivity contribution in [2.45, 2.75) is 0 Å². The first kappa shape index (κ1) is 50.9. The Hall–Kier alpha value is -12.4. The van der Waals surface area contributed by atoms with Crippen molar-refractivity contribution < 1.29 is 0 Å². The van der Waals surface area contributed by atoms with Crippen LogP contribution in [0, 0.1) is 11.3 Å². The van der Waals surface area contributed by atoms with Crippen LogP contribution in [0.4, 0.5) is 0 Å². The minimum atomic E-state index is 0.537. The molecule has 5 heterocycles. The summed E-state index contributed by atoms with van der Waals surface area (Å²) in [7, 11) is 0. The second-order valence-electron chi connectivity index (χ2n) is 23.3. The van der Waals surface area contributed by atoms with E-state index in [9.17, 15) is 5.26 Å². The smallest absolute Gasteiger partial charge is 0.160 e. The zero-order chi connectivity index (χ0) is 59.4. The Morgan fingerprint density at radius 2 is 0.556 bits per heavy atom. The van der Waals surface area contributed by atoms with E-state index in [1.165, 1.54) is 43.6 Å². The molecular formula is C83H51N7. The van der Waals surface area contributed by atoms with Crippen molar-refractivity contribution in [1.82, 2.24) is 28.2 Å². The van der Waals surface area contributed by atoms with Gasteiger partial charge < -0.3 is 18.3 Å². The highest BCUT2D eigenvalue weighted by molar-refractivity contribution is 6.15. The van der Waals surface area contributed by atoms with Gasteiger partial charge in [-0.1, -0.05) is 176 Å². The van der Waals surface area contributed by atoms with Gasteiger partial charge in [0.15, 0.2) is 5.82 Å². The molecule has 0 aliphatic rings. The van der Waals surface area contributed by atoms with E-state index in [0.717, 1.165) is 117 Å². The van der Waals surface area contributed by atoms with Crippen molar-refractivity contribution >= 4 is 87.2 Å². The van der Waals surface area contributed by atoms with Crippen LogP contribution in [0.25, 0.3) is 166 Å². The summed E-state index contributed by atoms with van der Waals surface area (Å²) in [6.45, 7) is 0. The SMILES string of the molecule is N#Cc1cccc(-c2nc(-c3ccccc3)cc(-c3cc(-n4c5ccccc5c5cc(-c6ccc7c(c6)c6ccccc6n7-c6ccccc6)ccc54)cc(-n4c5ccccc5c5cc(-c6ccc7c(c6)c6ccccc6n7-c6ccccc6)ccc54)c3)n2)c1. The van der Waals surface area contributed by atoms with Gasteiger partial charge in [0.2, 0.25) is 0 Å². The summed E-state index contributed by atoms with van der Waals surface area (Å²) in [5, 5.41) is 19.6. The summed E-state index contributed by atoms with van der Waals surface area (Å²) in [4.78, 5) is 10.6. The molecule has 0 aliphatic carbocycles. The van der Waals surface area contributed by atoms with E-state index < -0.39 is 0 Å². The number of hydrogen-bond acceptors (Lipinski definition) is 3. The summed E-state index contributed by atoms with van der Waals surface area (Å²) < 4.78 is 9.59. The van der Waals surface area contributed by atoms with E-state index in [2.05, 4.69) is 291 Å². The van der Waals surface area contributed by atoms with Gasteiger partial charge in [0.1, 0.15) is 0 Å². The lowest BCUT2D eigenvalue weighted by molar-refractivity contribution is 1.13. The lowest BCUT2D eigenvalue weighted by atomic mass is 10.0. The summed E-state index contributed by atoms with van der Waals surface area (Å²) in [6.07, 6.45) is 0. The van der Waals surface area contributed by atoms with Crippen LogP contribution in [-0.2, 0) is 0 Å². The molecule has 0 unspecified atom stereocenters. The Bertz CT molecular complexity index is 5680. The number of nitrogens with zero attached hydrogens (tertiary/aromatic N) is 7. The van der Waals surface area contributed by atoms with Gasteiger partial charge in [-0.2, -0.15) is 5.26 Å². The van der Waals surface area contributed by atoms with Gasteiger partial charge in [-0.25, -0.2) is 9.97 Å². The Morgan fingerprint density at radius 1 is 0.222 bits per heavy atom. The lowest BCUT2D eigenvalue weighted by Crippen LogP contribution is -2.02. The molecule has 7 heteroatoms. The van der Waals surface area contributed by atoms with E-state index in [0.29, 0.717) is 11.4 Å². The highest BCUT2D eigenvalue weighted by Gasteiger charge is 2.22. The van der Waals surface area contributed by atoms with Crippen LogP contribution in [0.5, 0.6) is 0 Å². The largest absolute Gasteiger partial charge is 0.309 e. The molecule has 90 heavy (non-hydrogen) atoms. The molecule has 0 radical (unpaired) electrons. The van der Waals surface area contributed by atoms with Crippen molar-refractivity contribution in [3.63, 3.8) is 0 Å². The quantitative estimate of drug-likeness (QED) is 0.145. The molecule has 0 atom stereocenters.